The van der Waals surface area contributed by atoms with Gasteiger partial charge in [-0.05, 0) is 48.4 Å². The van der Waals surface area contributed by atoms with Crippen LogP contribution in [0.5, 0.6) is 17.2 Å². The zero-order chi connectivity index (χ0) is 22.1. The molecule has 31 heavy (non-hydrogen) atoms. The number of piperazine rings is 1. The number of carbonyl (C=O) groups excluding carboxylic acids is 1. The quantitative estimate of drug-likeness (QED) is 0.590. The van der Waals surface area contributed by atoms with Crippen molar-refractivity contribution >= 4 is 11.6 Å². The Kier molecular flexibility index (Phi) is 7.98. The molecule has 0 spiro atoms. The maximum atomic E-state index is 12.7. The predicted octanol–water partition coefficient (Wildman–Crippen LogP) is 3.80. The van der Waals surface area contributed by atoms with E-state index in [0.717, 1.165) is 24.3 Å². The van der Waals surface area contributed by atoms with E-state index in [4.69, 9.17) is 9.47 Å². The predicted molar refractivity (Wildman–Crippen MR) is 123 cm³/mol. The zero-order valence-corrected chi connectivity index (χ0v) is 17.8. The second-order valence-corrected chi connectivity index (χ2v) is 7.36. The summed E-state index contributed by atoms with van der Waals surface area (Å²) in [6.45, 7) is 11.1. The Morgan fingerprint density at radius 3 is 2.23 bits per heavy atom. The number of anilines is 1. The van der Waals surface area contributed by atoms with Crippen molar-refractivity contribution in [1.29, 1.82) is 0 Å². The lowest BCUT2D eigenvalue weighted by molar-refractivity contribution is -0.131. The summed E-state index contributed by atoms with van der Waals surface area (Å²) in [6, 6.07) is 13.0. The molecule has 1 heterocycles. The fourth-order valence-corrected chi connectivity index (χ4v) is 3.52. The van der Waals surface area contributed by atoms with Crippen LogP contribution >= 0.6 is 0 Å². The summed E-state index contributed by atoms with van der Waals surface area (Å²) in [4.78, 5) is 16.9. The number of ether oxygens (including phenoxy) is 2. The number of phenolic OH excluding ortho intramolecular Hbond substituents is 1. The molecular weight excluding hydrogens is 392 g/mol. The maximum Gasteiger partial charge on any atom is 0.223 e. The molecule has 0 saturated carbocycles. The summed E-state index contributed by atoms with van der Waals surface area (Å²) in [5, 5.41) is 9.44. The highest BCUT2D eigenvalue weighted by atomic mass is 16.5. The molecule has 2 aromatic carbocycles. The van der Waals surface area contributed by atoms with Crippen molar-refractivity contribution in [3.8, 4) is 17.2 Å². The molecule has 1 N–H and O–H groups in total. The van der Waals surface area contributed by atoms with Crippen molar-refractivity contribution in [3.63, 3.8) is 0 Å². The lowest BCUT2D eigenvalue weighted by Crippen LogP contribution is -2.48. The topological polar surface area (TPSA) is 62.2 Å². The van der Waals surface area contributed by atoms with Crippen LogP contribution < -0.4 is 14.4 Å². The molecule has 6 nitrogen and oxygen atoms in total. The molecule has 164 valence electrons. The molecule has 1 aliphatic heterocycles. The molecule has 1 amide bonds. The van der Waals surface area contributed by atoms with Crippen LogP contribution in [0.15, 0.2) is 67.8 Å². The highest BCUT2D eigenvalue weighted by molar-refractivity contribution is 5.77. The smallest absolute Gasteiger partial charge is 0.223 e. The lowest BCUT2D eigenvalue weighted by atomic mass is 10.1. The fraction of sp³-hybridized carbons (Fsp3) is 0.320. The number of aryl methyl sites for hydroxylation is 1. The molecule has 2 aromatic rings. The average molecular weight is 423 g/mol. The van der Waals surface area contributed by atoms with Gasteiger partial charge in [0.15, 0.2) is 11.5 Å². The highest BCUT2D eigenvalue weighted by Crippen LogP contribution is 2.29. The third-order valence-corrected chi connectivity index (χ3v) is 5.20. The van der Waals surface area contributed by atoms with Crippen LogP contribution in [-0.2, 0) is 11.2 Å². The minimum Gasteiger partial charge on any atom is -0.508 e. The normalized spacial score (nSPS) is 13.5. The van der Waals surface area contributed by atoms with Gasteiger partial charge in [-0.3, -0.25) is 4.79 Å². The van der Waals surface area contributed by atoms with Gasteiger partial charge < -0.3 is 24.4 Å². The second-order valence-electron chi connectivity index (χ2n) is 7.36. The van der Waals surface area contributed by atoms with Crippen molar-refractivity contribution < 1.29 is 19.4 Å². The molecule has 0 aromatic heterocycles. The molecule has 0 unspecified atom stereocenters. The van der Waals surface area contributed by atoms with Crippen molar-refractivity contribution in [2.24, 2.45) is 0 Å². The van der Waals surface area contributed by atoms with E-state index < -0.39 is 0 Å². The molecule has 0 atom stereocenters. The highest BCUT2D eigenvalue weighted by Gasteiger charge is 2.21. The Morgan fingerprint density at radius 2 is 1.58 bits per heavy atom. The van der Waals surface area contributed by atoms with E-state index in [2.05, 4.69) is 18.1 Å². The second kappa shape index (κ2) is 11.1. The van der Waals surface area contributed by atoms with Crippen molar-refractivity contribution in [3.05, 3.63) is 73.3 Å². The summed E-state index contributed by atoms with van der Waals surface area (Å²) >= 11 is 0. The molecule has 0 aliphatic carbocycles. The molecule has 1 aliphatic rings. The van der Waals surface area contributed by atoms with E-state index in [1.807, 2.05) is 35.2 Å². The van der Waals surface area contributed by atoms with E-state index >= 15 is 0 Å². The van der Waals surface area contributed by atoms with E-state index in [9.17, 15) is 9.90 Å². The van der Waals surface area contributed by atoms with Gasteiger partial charge in [0.25, 0.3) is 0 Å². The van der Waals surface area contributed by atoms with Gasteiger partial charge in [-0.25, -0.2) is 0 Å². The largest absolute Gasteiger partial charge is 0.508 e. The van der Waals surface area contributed by atoms with Crippen LogP contribution in [0.25, 0.3) is 0 Å². The van der Waals surface area contributed by atoms with Crippen molar-refractivity contribution in [2.45, 2.75) is 12.8 Å². The van der Waals surface area contributed by atoms with Crippen LogP contribution in [0.1, 0.15) is 12.0 Å². The Balaban J connectivity index is 1.52. The first-order valence-corrected chi connectivity index (χ1v) is 10.5. The van der Waals surface area contributed by atoms with Gasteiger partial charge in [-0.2, -0.15) is 0 Å². The number of carbonyl (C=O) groups is 1. The van der Waals surface area contributed by atoms with Gasteiger partial charge in [0.1, 0.15) is 19.0 Å². The minimum absolute atomic E-state index is 0.158. The minimum atomic E-state index is 0.158. The molecule has 1 fully saturated rings. The number of amides is 1. The number of aromatic hydroxyl groups is 1. The number of phenols is 1. The van der Waals surface area contributed by atoms with Crippen LogP contribution in [0.4, 0.5) is 5.69 Å². The summed E-state index contributed by atoms with van der Waals surface area (Å²) in [5.41, 5.74) is 2.09. The Hall–Kier alpha value is -3.41. The third-order valence-electron chi connectivity index (χ3n) is 5.20. The van der Waals surface area contributed by atoms with E-state index in [1.54, 1.807) is 24.3 Å². The number of hydrogen-bond donors (Lipinski definition) is 1. The Morgan fingerprint density at radius 1 is 0.935 bits per heavy atom. The molecule has 0 radical (unpaired) electrons. The summed E-state index contributed by atoms with van der Waals surface area (Å²) in [7, 11) is 0. The average Bonchev–Trinajstić information content (AvgIpc) is 2.81. The number of hydrogen-bond acceptors (Lipinski definition) is 5. The van der Waals surface area contributed by atoms with Crippen LogP contribution in [0, 0.1) is 0 Å². The van der Waals surface area contributed by atoms with E-state index in [0.29, 0.717) is 50.6 Å². The van der Waals surface area contributed by atoms with Crippen LogP contribution in [-0.4, -0.2) is 55.3 Å². The summed E-state index contributed by atoms with van der Waals surface area (Å²) < 4.78 is 11.4. The standard InChI is InChI=1S/C25H30N2O4/c1-3-17-30-23-11-5-20(19-24(23)31-18-4-2)6-12-25(29)27-15-13-26(14-16-27)21-7-9-22(28)10-8-21/h3-5,7-11,19,28H,1-2,6,12-18H2. The van der Waals surface area contributed by atoms with Crippen LogP contribution in [0.3, 0.4) is 0 Å². The van der Waals surface area contributed by atoms with Gasteiger partial charge >= 0.3 is 0 Å². The first-order valence-electron chi connectivity index (χ1n) is 10.5. The summed E-state index contributed by atoms with van der Waals surface area (Å²) in [5.74, 6) is 1.72. The molecule has 3 rings (SSSR count). The van der Waals surface area contributed by atoms with Crippen LogP contribution in [0.2, 0.25) is 0 Å². The zero-order valence-electron chi connectivity index (χ0n) is 17.8. The molecule has 6 heteroatoms. The molecular formula is C25H30N2O4. The first-order chi connectivity index (χ1) is 15.1. The Labute approximate surface area is 184 Å². The van der Waals surface area contributed by atoms with Gasteiger partial charge in [0, 0.05) is 38.3 Å². The van der Waals surface area contributed by atoms with Crippen molar-refractivity contribution in [2.75, 3.05) is 44.3 Å². The monoisotopic (exact) mass is 422 g/mol. The Bertz CT molecular complexity index is 887. The van der Waals surface area contributed by atoms with Crippen molar-refractivity contribution in [1.82, 2.24) is 4.90 Å². The van der Waals surface area contributed by atoms with E-state index in [1.165, 1.54) is 0 Å². The van der Waals surface area contributed by atoms with Gasteiger partial charge in [-0.1, -0.05) is 31.4 Å². The van der Waals surface area contributed by atoms with Gasteiger partial charge in [0.2, 0.25) is 5.91 Å². The number of benzene rings is 2. The SMILES string of the molecule is C=CCOc1ccc(CCC(=O)N2CCN(c3ccc(O)cc3)CC2)cc1OCC=C. The third kappa shape index (κ3) is 6.28. The fourth-order valence-electron chi connectivity index (χ4n) is 3.52. The van der Waals surface area contributed by atoms with Gasteiger partial charge in [-0.15, -0.1) is 0 Å². The lowest BCUT2D eigenvalue weighted by Gasteiger charge is -2.36. The molecule has 0 bridgehead atoms. The first kappa shape index (κ1) is 22.3. The number of rotatable bonds is 10. The summed E-state index contributed by atoms with van der Waals surface area (Å²) in [6.07, 6.45) is 4.47. The van der Waals surface area contributed by atoms with E-state index in [-0.39, 0.29) is 11.7 Å². The maximum absolute atomic E-state index is 12.7. The number of nitrogens with zero attached hydrogens (tertiary/aromatic N) is 2. The van der Waals surface area contributed by atoms with Gasteiger partial charge in [0.05, 0.1) is 0 Å². The molecule has 1 saturated heterocycles.